The van der Waals surface area contributed by atoms with Gasteiger partial charge in [0.05, 0.1) is 18.7 Å². The fraction of sp³-hybridized carbons (Fsp3) is 0.538. The molecule has 102 valence electrons. The van der Waals surface area contributed by atoms with Crippen LogP contribution in [0.2, 0.25) is 0 Å². The van der Waals surface area contributed by atoms with E-state index in [2.05, 4.69) is 21.8 Å². The fourth-order valence-corrected chi connectivity index (χ4v) is 2.53. The van der Waals surface area contributed by atoms with Crippen LogP contribution >= 0.6 is 0 Å². The van der Waals surface area contributed by atoms with Crippen molar-refractivity contribution in [3.63, 3.8) is 0 Å². The Balaban J connectivity index is 1.78. The van der Waals surface area contributed by atoms with Gasteiger partial charge in [-0.05, 0) is 19.1 Å². The molecule has 3 rings (SSSR count). The molecular weight excluding hydrogens is 244 g/mol. The van der Waals surface area contributed by atoms with Crippen molar-refractivity contribution < 1.29 is 4.74 Å². The van der Waals surface area contributed by atoms with Gasteiger partial charge in [-0.3, -0.25) is 14.5 Å². The molecule has 0 aliphatic carbocycles. The van der Waals surface area contributed by atoms with Crippen molar-refractivity contribution >= 4 is 11.2 Å². The number of fused-ring (bicyclic) bond motifs is 1. The summed E-state index contributed by atoms with van der Waals surface area (Å²) < 4.78 is 7.17. The molecule has 0 aromatic carbocycles. The van der Waals surface area contributed by atoms with E-state index in [9.17, 15) is 4.79 Å². The normalized spacial score (nSPS) is 21.0. The topological polar surface area (TPSA) is 63.1 Å². The molecule has 6 nitrogen and oxygen atoms in total. The van der Waals surface area contributed by atoms with E-state index in [1.54, 1.807) is 10.8 Å². The Morgan fingerprint density at radius 2 is 2.42 bits per heavy atom. The highest BCUT2D eigenvalue weighted by molar-refractivity contribution is 5.70. The largest absolute Gasteiger partial charge is 0.379 e. The van der Waals surface area contributed by atoms with Crippen LogP contribution in [0.15, 0.2) is 23.1 Å². The summed E-state index contributed by atoms with van der Waals surface area (Å²) in [6.07, 6.45) is 1.69. The summed E-state index contributed by atoms with van der Waals surface area (Å²) in [5, 5.41) is 0. The van der Waals surface area contributed by atoms with Gasteiger partial charge in [-0.25, -0.2) is 9.78 Å². The van der Waals surface area contributed by atoms with Crippen LogP contribution in [0.3, 0.4) is 0 Å². The summed E-state index contributed by atoms with van der Waals surface area (Å²) in [6.45, 7) is 6.15. The number of pyridine rings is 1. The first-order valence-corrected chi connectivity index (χ1v) is 6.61. The number of aromatic amines is 1. The summed E-state index contributed by atoms with van der Waals surface area (Å²) in [5.41, 5.74) is 1.44. The average molecular weight is 262 g/mol. The first-order valence-electron chi connectivity index (χ1n) is 6.61. The molecular formula is C13H18N4O2. The van der Waals surface area contributed by atoms with Crippen molar-refractivity contribution in [1.29, 1.82) is 0 Å². The highest BCUT2D eigenvalue weighted by atomic mass is 16.5. The lowest BCUT2D eigenvalue weighted by molar-refractivity contribution is -0.00161. The Morgan fingerprint density at radius 3 is 3.26 bits per heavy atom. The maximum Gasteiger partial charge on any atom is 0.327 e. The highest BCUT2D eigenvalue weighted by Gasteiger charge is 2.18. The van der Waals surface area contributed by atoms with Gasteiger partial charge in [0.25, 0.3) is 0 Å². The van der Waals surface area contributed by atoms with Crippen LogP contribution in [0.25, 0.3) is 11.2 Å². The van der Waals surface area contributed by atoms with E-state index in [4.69, 9.17) is 4.74 Å². The van der Waals surface area contributed by atoms with Gasteiger partial charge in [0.1, 0.15) is 0 Å². The molecule has 1 N–H and O–H groups in total. The van der Waals surface area contributed by atoms with Crippen molar-refractivity contribution in [3.8, 4) is 0 Å². The van der Waals surface area contributed by atoms with E-state index in [1.165, 1.54) is 0 Å². The number of nitrogens with one attached hydrogen (secondary N) is 1. The molecule has 0 saturated carbocycles. The van der Waals surface area contributed by atoms with Gasteiger partial charge < -0.3 is 4.74 Å². The zero-order chi connectivity index (χ0) is 13.2. The molecule has 0 radical (unpaired) electrons. The third kappa shape index (κ3) is 2.41. The van der Waals surface area contributed by atoms with Crippen molar-refractivity contribution in [1.82, 2.24) is 19.4 Å². The van der Waals surface area contributed by atoms with Gasteiger partial charge in [0.2, 0.25) is 0 Å². The average Bonchev–Trinajstić information content (AvgIpc) is 2.74. The minimum atomic E-state index is -0.0883. The number of aromatic nitrogens is 3. The molecule has 0 amide bonds. The van der Waals surface area contributed by atoms with Crippen LogP contribution in [0, 0.1) is 0 Å². The summed E-state index contributed by atoms with van der Waals surface area (Å²) >= 11 is 0. The quantitative estimate of drug-likeness (QED) is 0.872. The van der Waals surface area contributed by atoms with E-state index >= 15 is 0 Å². The van der Waals surface area contributed by atoms with E-state index in [1.807, 2.05) is 12.1 Å². The minimum Gasteiger partial charge on any atom is -0.379 e. The number of ether oxygens (including phenoxy) is 1. The van der Waals surface area contributed by atoms with Gasteiger partial charge in [0.15, 0.2) is 5.65 Å². The van der Waals surface area contributed by atoms with Gasteiger partial charge >= 0.3 is 5.69 Å². The first kappa shape index (κ1) is 12.4. The summed E-state index contributed by atoms with van der Waals surface area (Å²) in [6, 6.07) is 4.18. The second-order valence-electron chi connectivity index (χ2n) is 4.91. The molecule has 1 atom stereocenters. The predicted octanol–water partition coefficient (Wildman–Crippen LogP) is 0.445. The Bertz CT molecular complexity index is 618. The first-order chi connectivity index (χ1) is 9.25. The highest BCUT2D eigenvalue weighted by Crippen LogP contribution is 2.09. The lowest BCUT2D eigenvalue weighted by atomic mass is 10.2. The van der Waals surface area contributed by atoms with Crippen molar-refractivity contribution in [3.05, 3.63) is 28.8 Å². The predicted molar refractivity (Wildman–Crippen MR) is 72.2 cm³/mol. The van der Waals surface area contributed by atoms with Crippen LogP contribution in [0.1, 0.15) is 6.92 Å². The maximum absolute atomic E-state index is 11.9. The monoisotopic (exact) mass is 262 g/mol. The fourth-order valence-electron chi connectivity index (χ4n) is 2.53. The number of hydrogen-bond acceptors (Lipinski definition) is 4. The molecule has 1 fully saturated rings. The van der Waals surface area contributed by atoms with Crippen LogP contribution in [0.5, 0.6) is 0 Å². The second-order valence-corrected chi connectivity index (χ2v) is 4.91. The van der Waals surface area contributed by atoms with Gasteiger partial charge in [-0.15, -0.1) is 0 Å². The SMILES string of the molecule is C[C@H]1COCCN1CCn1c(=O)[nH]c2ncccc21. The molecule has 1 aliphatic heterocycles. The molecule has 1 aliphatic rings. The number of rotatable bonds is 3. The van der Waals surface area contributed by atoms with E-state index in [0.29, 0.717) is 18.2 Å². The van der Waals surface area contributed by atoms with E-state index < -0.39 is 0 Å². The number of morpholine rings is 1. The number of nitrogens with zero attached hydrogens (tertiary/aromatic N) is 3. The van der Waals surface area contributed by atoms with Gasteiger partial charge in [0, 0.05) is 31.9 Å². The zero-order valence-corrected chi connectivity index (χ0v) is 11.0. The third-order valence-corrected chi connectivity index (χ3v) is 3.66. The standard InChI is InChI=1S/C13H18N4O2/c1-10-9-19-8-7-16(10)5-6-17-11-3-2-4-14-12(11)15-13(17)18/h2-4,10H,5-9H2,1H3,(H,14,15,18)/t10-/m0/s1. The lowest BCUT2D eigenvalue weighted by Crippen LogP contribution is -2.45. The Morgan fingerprint density at radius 1 is 1.53 bits per heavy atom. The second kappa shape index (κ2) is 5.14. The molecule has 6 heteroatoms. The van der Waals surface area contributed by atoms with Crippen LogP contribution in [-0.2, 0) is 11.3 Å². The number of imidazole rings is 1. The lowest BCUT2D eigenvalue weighted by Gasteiger charge is -2.33. The summed E-state index contributed by atoms with van der Waals surface area (Å²) in [7, 11) is 0. The van der Waals surface area contributed by atoms with Crippen molar-refractivity contribution in [2.75, 3.05) is 26.3 Å². The summed E-state index contributed by atoms with van der Waals surface area (Å²) in [5.74, 6) is 0. The Labute approximate surface area is 111 Å². The number of hydrogen-bond donors (Lipinski definition) is 1. The Kier molecular flexibility index (Phi) is 3.35. The Hall–Kier alpha value is -1.66. The minimum absolute atomic E-state index is 0.0883. The molecule has 0 unspecified atom stereocenters. The van der Waals surface area contributed by atoms with Crippen LogP contribution in [-0.4, -0.2) is 51.8 Å². The molecule has 1 saturated heterocycles. The molecule has 2 aromatic rings. The third-order valence-electron chi connectivity index (χ3n) is 3.66. The smallest absolute Gasteiger partial charge is 0.327 e. The summed E-state index contributed by atoms with van der Waals surface area (Å²) in [4.78, 5) is 21.2. The molecule has 19 heavy (non-hydrogen) atoms. The van der Waals surface area contributed by atoms with Crippen LogP contribution < -0.4 is 5.69 Å². The van der Waals surface area contributed by atoms with Gasteiger partial charge in [-0.2, -0.15) is 0 Å². The molecule has 2 aromatic heterocycles. The maximum atomic E-state index is 11.9. The number of H-pyrrole nitrogens is 1. The van der Waals surface area contributed by atoms with Crippen LogP contribution in [0.4, 0.5) is 0 Å². The van der Waals surface area contributed by atoms with E-state index in [-0.39, 0.29) is 5.69 Å². The van der Waals surface area contributed by atoms with E-state index in [0.717, 1.165) is 31.8 Å². The molecule has 0 spiro atoms. The van der Waals surface area contributed by atoms with Crippen molar-refractivity contribution in [2.24, 2.45) is 0 Å². The zero-order valence-electron chi connectivity index (χ0n) is 11.0. The molecule has 3 heterocycles. The molecule has 0 bridgehead atoms. The van der Waals surface area contributed by atoms with Gasteiger partial charge in [-0.1, -0.05) is 0 Å². The van der Waals surface area contributed by atoms with Crippen molar-refractivity contribution in [2.45, 2.75) is 19.5 Å².